The van der Waals surface area contributed by atoms with Crippen molar-refractivity contribution in [3.05, 3.63) is 39.7 Å². The van der Waals surface area contributed by atoms with Crippen molar-refractivity contribution in [1.29, 1.82) is 0 Å². The third kappa shape index (κ3) is 3.86. The molecule has 0 saturated heterocycles. The Kier molecular flexibility index (Phi) is 5.07. The second-order valence-corrected chi connectivity index (χ2v) is 5.54. The lowest BCUT2D eigenvalue weighted by Crippen LogP contribution is -2.18. The van der Waals surface area contributed by atoms with Gasteiger partial charge in [0.25, 0.3) is 0 Å². The van der Waals surface area contributed by atoms with Gasteiger partial charge in [-0.3, -0.25) is 0 Å². The van der Waals surface area contributed by atoms with Crippen molar-refractivity contribution in [2.45, 2.75) is 20.4 Å². The number of aromatic nitrogens is 1. The van der Waals surface area contributed by atoms with Crippen molar-refractivity contribution in [3.8, 4) is 11.3 Å². The number of hydrogen-bond donors (Lipinski definition) is 1. The number of ether oxygens (including phenoxy) is 1. The van der Waals surface area contributed by atoms with Crippen LogP contribution in [0.4, 0.5) is 0 Å². The van der Waals surface area contributed by atoms with E-state index >= 15 is 0 Å². The van der Waals surface area contributed by atoms with E-state index in [0.717, 1.165) is 30.4 Å². The SMILES string of the molecule is COCCNCc1nc(-c2ccc(C)c(C)c2)cs1. The van der Waals surface area contributed by atoms with E-state index in [2.05, 4.69) is 47.7 Å². The molecule has 0 amide bonds. The second-order valence-electron chi connectivity index (χ2n) is 4.60. The zero-order chi connectivity index (χ0) is 13.7. The van der Waals surface area contributed by atoms with Crippen LogP contribution < -0.4 is 5.32 Å². The molecule has 19 heavy (non-hydrogen) atoms. The standard InChI is InChI=1S/C15H20N2OS/c1-11-4-5-13(8-12(11)2)14-10-19-15(17-14)9-16-6-7-18-3/h4-5,8,10,16H,6-7,9H2,1-3H3. The van der Waals surface area contributed by atoms with Crippen LogP contribution in [0.3, 0.4) is 0 Å². The molecule has 0 radical (unpaired) electrons. The number of rotatable bonds is 6. The molecule has 0 aliphatic carbocycles. The molecule has 1 N–H and O–H groups in total. The molecule has 2 aromatic rings. The lowest BCUT2D eigenvalue weighted by Gasteiger charge is -2.03. The van der Waals surface area contributed by atoms with Gasteiger partial charge in [-0.1, -0.05) is 12.1 Å². The molecule has 2 rings (SSSR count). The van der Waals surface area contributed by atoms with Gasteiger partial charge < -0.3 is 10.1 Å². The van der Waals surface area contributed by atoms with Crippen LogP contribution in [0.25, 0.3) is 11.3 Å². The first-order valence-corrected chi connectivity index (χ1v) is 7.30. The molecule has 0 aliphatic heterocycles. The summed E-state index contributed by atoms with van der Waals surface area (Å²) in [6, 6.07) is 6.49. The molecule has 0 unspecified atom stereocenters. The molecular weight excluding hydrogens is 256 g/mol. The molecule has 1 aromatic carbocycles. The zero-order valence-electron chi connectivity index (χ0n) is 11.7. The van der Waals surface area contributed by atoms with Crippen LogP contribution in [0.15, 0.2) is 23.6 Å². The maximum Gasteiger partial charge on any atom is 0.107 e. The van der Waals surface area contributed by atoms with Crippen LogP contribution in [0.2, 0.25) is 0 Å². The third-order valence-electron chi connectivity index (χ3n) is 3.11. The average Bonchev–Trinajstić information content (AvgIpc) is 2.87. The number of nitrogens with zero attached hydrogens (tertiary/aromatic N) is 1. The Morgan fingerprint density at radius 3 is 2.84 bits per heavy atom. The highest BCUT2D eigenvalue weighted by atomic mass is 32.1. The van der Waals surface area contributed by atoms with Gasteiger partial charge in [-0.15, -0.1) is 11.3 Å². The maximum absolute atomic E-state index is 5.00. The predicted molar refractivity (Wildman–Crippen MR) is 80.6 cm³/mol. The van der Waals surface area contributed by atoms with E-state index in [9.17, 15) is 0 Å². The fraction of sp³-hybridized carbons (Fsp3) is 0.400. The van der Waals surface area contributed by atoms with E-state index in [1.807, 2.05) is 0 Å². The summed E-state index contributed by atoms with van der Waals surface area (Å²) in [6.45, 7) is 6.66. The summed E-state index contributed by atoms with van der Waals surface area (Å²) in [5.74, 6) is 0. The minimum absolute atomic E-state index is 0.732. The Labute approximate surface area is 118 Å². The fourth-order valence-electron chi connectivity index (χ4n) is 1.79. The first-order chi connectivity index (χ1) is 9.20. The van der Waals surface area contributed by atoms with Gasteiger partial charge in [-0.25, -0.2) is 4.98 Å². The minimum atomic E-state index is 0.732. The summed E-state index contributed by atoms with van der Waals surface area (Å²) in [5, 5.41) is 6.55. The van der Waals surface area contributed by atoms with Crippen LogP contribution in [0.5, 0.6) is 0 Å². The van der Waals surface area contributed by atoms with Gasteiger partial charge in [-0.05, 0) is 31.0 Å². The van der Waals surface area contributed by atoms with Crippen molar-refractivity contribution >= 4 is 11.3 Å². The summed E-state index contributed by atoms with van der Waals surface area (Å²) in [5.41, 5.74) is 4.89. The number of hydrogen-bond acceptors (Lipinski definition) is 4. The van der Waals surface area contributed by atoms with E-state index in [0.29, 0.717) is 0 Å². The van der Waals surface area contributed by atoms with Gasteiger partial charge in [0.1, 0.15) is 5.01 Å². The third-order valence-corrected chi connectivity index (χ3v) is 3.96. The monoisotopic (exact) mass is 276 g/mol. The normalized spacial score (nSPS) is 10.9. The highest BCUT2D eigenvalue weighted by Gasteiger charge is 2.05. The van der Waals surface area contributed by atoms with E-state index < -0.39 is 0 Å². The van der Waals surface area contributed by atoms with Gasteiger partial charge >= 0.3 is 0 Å². The van der Waals surface area contributed by atoms with Gasteiger partial charge in [0.05, 0.1) is 12.3 Å². The number of methoxy groups -OCH3 is 1. The number of nitrogens with one attached hydrogen (secondary N) is 1. The first kappa shape index (κ1) is 14.2. The lowest BCUT2D eigenvalue weighted by molar-refractivity contribution is 0.199. The minimum Gasteiger partial charge on any atom is -0.383 e. The van der Waals surface area contributed by atoms with Gasteiger partial charge in [0.2, 0.25) is 0 Å². The van der Waals surface area contributed by atoms with E-state index in [1.54, 1.807) is 18.4 Å². The Bertz CT molecular complexity index is 537. The summed E-state index contributed by atoms with van der Waals surface area (Å²) in [6.07, 6.45) is 0. The van der Waals surface area contributed by atoms with Crippen LogP contribution in [0, 0.1) is 13.8 Å². The summed E-state index contributed by atoms with van der Waals surface area (Å²) in [4.78, 5) is 4.66. The quantitative estimate of drug-likeness (QED) is 0.823. The summed E-state index contributed by atoms with van der Waals surface area (Å²) < 4.78 is 5.00. The molecule has 102 valence electrons. The van der Waals surface area contributed by atoms with Crippen molar-refractivity contribution in [3.63, 3.8) is 0 Å². The second kappa shape index (κ2) is 6.80. The maximum atomic E-state index is 5.00. The topological polar surface area (TPSA) is 34.1 Å². The Morgan fingerprint density at radius 1 is 1.26 bits per heavy atom. The van der Waals surface area contributed by atoms with Crippen molar-refractivity contribution < 1.29 is 4.74 Å². The van der Waals surface area contributed by atoms with Crippen LogP contribution in [-0.2, 0) is 11.3 Å². The number of aryl methyl sites for hydroxylation is 2. The van der Waals surface area contributed by atoms with Crippen LogP contribution in [-0.4, -0.2) is 25.2 Å². The fourth-order valence-corrected chi connectivity index (χ4v) is 2.57. The van der Waals surface area contributed by atoms with E-state index in [1.165, 1.54) is 16.7 Å². The van der Waals surface area contributed by atoms with Crippen LogP contribution >= 0.6 is 11.3 Å². The lowest BCUT2D eigenvalue weighted by atomic mass is 10.1. The summed E-state index contributed by atoms with van der Waals surface area (Å²) in [7, 11) is 1.71. The molecule has 0 atom stereocenters. The largest absolute Gasteiger partial charge is 0.383 e. The average molecular weight is 276 g/mol. The Hall–Kier alpha value is -1.23. The molecule has 0 bridgehead atoms. The molecule has 0 aliphatic rings. The van der Waals surface area contributed by atoms with Crippen LogP contribution in [0.1, 0.15) is 16.1 Å². The zero-order valence-corrected chi connectivity index (χ0v) is 12.5. The molecule has 1 aromatic heterocycles. The highest BCUT2D eigenvalue weighted by Crippen LogP contribution is 2.23. The molecule has 0 fully saturated rings. The molecule has 1 heterocycles. The smallest absolute Gasteiger partial charge is 0.107 e. The first-order valence-electron chi connectivity index (χ1n) is 6.42. The Morgan fingerprint density at radius 2 is 2.11 bits per heavy atom. The van der Waals surface area contributed by atoms with Gasteiger partial charge in [0.15, 0.2) is 0 Å². The Balaban J connectivity index is 2.01. The summed E-state index contributed by atoms with van der Waals surface area (Å²) >= 11 is 1.70. The highest BCUT2D eigenvalue weighted by molar-refractivity contribution is 7.09. The van der Waals surface area contributed by atoms with Crippen molar-refractivity contribution in [2.24, 2.45) is 0 Å². The molecular formula is C15H20N2OS. The predicted octanol–water partition coefficient (Wildman–Crippen LogP) is 3.16. The molecule has 0 saturated carbocycles. The van der Waals surface area contributed by atoms with E-state index in [-0.39, 0.29) is 0 Å². The molecule has 3 nitrogen and oxygen atoms in total. The van der Waals surface area contributed by atoms with E-state index in [4.69, 9.17) is 4.74 Å². The van der Waals surface area contributed by atoms with Crippen molar-refractivity contribution in [2.75, 3.05) is 20.3 Å². The molecule has 4 heteroatoms. The van der Waals surface area contributed by atoms with Gasteiger partial charge in [-0.2, -0.15) is 0 Å². The number of thiazole rings is 1. The van der Waals surface area contributed by atoms with Crippen molar-refractivity contribution in [1.82, 2.24) is 10.3 Å². The van der Waals surface area contributed by atoms with Gasteiger partial charge in [0, 0.05) is 31.1 Å². The number of benzene rings is 1. The molecule has 0 spiro atoms.